The van der Waals surface area contributed by atoms with Gasteiger partial charge in [0.15, 0.2) is 0 Å². The highest BCUT2D eigenvalue weighted by molar-refractivity contribution is 5.90. The Kier molecular flexibility index (Phi) is 3.77. The number of halogens is 1. The number of aryl methyl sites for hydroxylation is 2. The van der Waals surface area contributed by atoms with Crippen LogP contribution >= 0.6 is 0 Å². The minimum Gasteiger partial charge on any atom is -0.335 e. The molecule has 0 aliphatic carbocycles. The Morgan fingerprint density at radius 2 is 2.04 bits per heavy atom. The van der Waals surface area contributed by atoms with Gasteiger partial charge >= 0.3 is 0 Å². The minimum atomic E-state index is -0.336. The highest BCUT2D eigenvalue weighted by atomic mass is 19.1. The minimum absolute atomic E-state index is 0.0742. The van der Waals surface area contributed by atoms with Gasteiger partial charge in [-0.2, -0.15) is 4.98 Å². The third-order valence-corrected chi connectivity index (χ3v) is 3.47. The monoisotopic (exact) mass is 313 g/mol. The number of rotatable bonds is 3. The van der Waals surface area contributed by atoms with Crippen molar-refractivity contribution in [2.75, 3.05) is 7.05 Å². The van der Waals surface area contributed by atoms with Crippen molar-refractivity contribution in [3.8, 4) is 0 Å². The summed E-state index contributed by atoms with van der Waals surface area (Å²) in [5.74, 6) is -0.198. The maximum atomic E-state index is 13.2. The van der Waals surface area contributed by atoms with Crippen LogP contribution in [0.5, 0.6) is 0 Å². The molecule has 1 aromatic carbocycles. The maximum absolute atomic E-state index is 13.2. The van der Waals surface area contributed by atoms with Gasteiger partial charge in [0.25, 0.3) is 11.7 Å². The van der Waals surface area contributed by atoms with Crippen LogP contribution in [-0.2, 0) is 6.54 Å². The van der Waals surface area contributed by atoms with E-state index in [0.29, 0.717) is 11.3 Å². The van der Waals surface area contributed by atoms with Crippen molar-refractivity contribution in [3.63, 3.8) is 0 Å². The van der Waals surface area contributed by atoms with Crippen molar-refractivity contribution in [3.05, 3.63) is 58.9 Å². The lowest BCUT2D eigenvalue weighted by Gasteiger charge is -2.15. The Morgan fingerprint density at radius 1 is 1.26 bits per heavy atom. The van der Waals surface area contributed by atoms with E-state index in [2.05, 4.69) is 15.1 Å². The molecule has 2 heterocycles. The highest BCUT2D eigenvalue weighted by Gasteiger charge is 2.19. The van der Waals surface area contributed by atoms with Crippen molar-refractivity contribution in [2.45, 2.75) is 20.4 Å². The van der Waals surface area contributed by atoms with Crippen molar-refractivity contribution in [1.82, 2.24) is 24.5 Å². The fourth-order valence-electron chi connectivity index (χ4n) is 2.41. The average Bonchev–Trinajstić information content (AvgIpc) is 2.90. The molecule has 0 aliphatic rings. The van der Waals surface area contributed by atoms with Gasteiger partial charge in [0.1, 0.15) is 5.82 Å². The van der Waals surface area contributed by atoms with Crippen molar-refractivity contribution in [1.29, 1.82) is 0 Å². The molecule has 0 saturated heterocycles. The normalized spacial score (nSPS) is 11.0. The van der Waals surface area contributed by atoms with Crippen molar-refractivity contribution < 1.29 is 9.18 Å². The van der Waals surface area contributed by atoms with E-state index >= 15 is 0 Å². The van der Waals surface area contributed by atoms with Crippen LogP contribution < -0.4 is 0 Å². The number of amides is 1. The number of fused-ring (bicyclic) bond motifs is 1. The highest BCUT2D eigenvalue weighted by Crippen LogP contribution is 2.10. The van der Waals surface area contributed by atoms with Gasteiger partial charge < -0.3 is 4.90 Å². The smallest absolute Gasteiger partial charge is 0.293 e. The van der Waals surface area contributed by atoms with Crippen LogP contribution in [0, 0.1) is 19.7 Å². The van der Waals surface area contributed by atoms with Gasteiger partial charge in [-0.1, -0.05) is 12.1 Å². The molecule has 3 aromatic rings. The zero-order valence-corrected chi connectivity index (χ0v) is 13.1. The van der Waals surface area contributed by atoms with Gasteiger partial charge in [0.05, 0.1) is 0 Å². The van der Waals surface area contributed by atoms with Gasteiger partial charge in [0, 0.05) is 25.0 Å². The SMILES string of the molecule is Cc1cc(C)n2nc(C(=O)N(C)Cc3cccc(F)c3)nc2n1. The van der Waals surface area contributed by atoms with Crippen LogP contribution in [0.15, 0.2) is 30.3 Å². The van der Waals surface area contributed by atoms with Crippen LogP contribution in [0.25, 0.3) is 5.78 Å². The number of hydrogen-bond donors (Lipinski definition) is 0. The Balaban J connectivity index is 1.86. The fourth-order valence-corrected chi connectivity index (χ4v) is 2.41. The molecule has 0 fully saturated rings. The summed E-state index contributed by atoms with van der Waals surface area (Å²) < 4.78 is 14.8. The second kappa shape index (κ2) is 5.75. The molecule has 6 nitrogen and oxygen atoms in total. The first kappa shape index (κ1) is 15.1. The quantitative estimate of drug-likeness (QED) is 0.743. The summed E-state index contributed by atoms with van der Waals surface area (Å²) >= 11 is 0. The van der Waals surface area contributed by atoms with E-state index in [1.165, 1.54) is 21.5 Å². The van der Waals surface area contributed by atoms with Gasteiger partial charge in [-0.15, -0.1) is 5.10 Å². The summed E-state index contributed by atoms with van der Waals surface area (Å²) in [4.78, 5) is 22.4. The van der Waals surface area contributed by atoms with Crippen LogP contribution in [0.2, 0.25) is 0 Å². The third kappa shape index (κ3) is 3.03. The van der Waals surface area contributed by atoms with E-state index < -0.39 is 0 Å². The zero-order chi connectivity index (χ0) is 16.6. The summed E-state index contributed by atoms with van der Waals surface area (Å²) in [7, 11) is 1.63. The Labute approximate surface area is 132 Å². The molecule has 3 rings (SSSR count). The molecule has 1 amide bonds. The molecule has 0 aliphatic heterocycles. The molecule has 0 bridgehead atoms. The van der Waals surface area contributed by atoms with Crippen molar-refractivity contribution >= 4 is 11.7 Å². The largest absolute Gasteiger partial charge is 0.335 e. The lowest BCUT2D eigenvalue weighted by molar-refractivity contribution is 0.0773. The topological polar surface area (TPSA) is 63.4 Å². The molecule has 0 spiro atoms. The maximum Gasteiger partial charge on any atom is 0.293 e. The molecule has 23 heavy (non-hydrogen) atoms. The standard InChI is InChI=1S/C16H16FN5O/c1-10-7-11(2)22-16(18-10)19-14(20-22)15(23)21(3)9-12-5-4-6-13(17)8-12/h4-8H,9H2,1-3H3. The molecular weight excluding hydrogens is 297 g/mol. The second-order valence-corrected chi connectivity index (χ2v) is 5.48. The Morgan fingerprint density at radius 3 is 2.78 bits per heavy atom. The number of carbonyl (C=O) groups excluding carboxylic acids is 1. The van der Waals surface area contributed by atoms with Crippen LogP contribution in [0.4, 0.5) is 4.39 Å². The summed E-state index contributed by atoms with van der Waals surface area (Å²) in [5, 5.41) is 4.21. The first-order valence-corrected chi connectivity index (χ1v) is 7.15. The molecule has 118 valence electrons. The molecule has 2 aromatic heterocycles. The van der Waals surface area contributed by atoms with Crippen LogP contribution in [0.3, 0.4) is 0 Å². The first-order chi connectivity index (χ1) is 10.9. The van der Waals surface area contributed by atoms with E-state index in [1.807, 2.05) is 19.9 Å². The number of benzene rings is 1. The number of hydrogen-bond acceptors (Lipinski definition) is 4. The molecule has 0 atom stereocenters. The van der Waals surface area contributed by atoms with Gasteiger partial charge in [0.2, 0.25) is 5.82 Å². The number of carbonyl (C=O) groups is 1. The fraction of sp³-hybridized carbons (Fsp3) is 0.250. The summed E-state index contributed by atoms with van der Waals surface area (Å²) in [6.07, 6.45) is 0. The number of nitrogens with zero attached hydrogens (tertiary/aromatic N) is 5. The van der Waals surface area contributed by atoms with E-state index in [9.17, 15) is 9.18 Å². The molecule has 0 saturated carbocycles. The third-order valence-electron chi connectivity index (χ3n) is 3.47. The lowest BCUT2D eigenvalue weighted by atomic mass is 10.2. The van der Waals surface area contributed by atoms with Crippen LogP contribution in [0.1, 0.15) is 27.6 Å². The van der Waals surface area contributed by atoms with E-state index in [0.717, 1.165) is 11.4 Å². The Bertz CT molecular complexity index is 889. The van der Waals surface area contributed by atoms with E-state index in [1.54, 1.807) is 19.2 Å². The van der Waals surface area contributed by atoms with Gasteiger partial charge in [-0.3, -0.25) is 4.79 Å². The Hall–Kier alpha value is -2.83. The molecule has 0 radical (unpaired) electrons. The zero-order valence-electron chi connectivity index (χ0n) is 13.1. The predicted molar refractivity (Wildman–Crippen MR) is 82.5 cm³/mol. The molecule has 0 N–H and O–H groups in total. The van der Waals surface area contributed by atoms with Crippen molar-refractivity contribution in [2.24, 2.45) is 0 Å². The van der Waals surface area contributed by atoms with Gasteiger partial charge in [-0.05, 0) is 37.6 Å². The van der Waals surface area contributed by atoms with Gasteiger partial charge in [-0.25, -0.2) is 13.9 Å². The average molecular weight is 313 g/mol. The first-order valence-electron chi connectivity index (χ1n) is 7.15. The number of aromatic nitrogens is 4. The summed E-state index contributed by atoms with van der Waals surface area (Å²) in [6, 6.07) is 8.01. The predicted octanol–water partition coefficient (Wildman–Crippen LogP) is 2.15. The lowest BCUT2D eigenvalue weighted by Crippen LogP contribution is -2.27. The second-order valence-electron chi connectivity index (χ2n) is 5.48. The van der Waals surface area contributed by atoms with E-state index in [4.69, 9.17) is 0 Å². The summed E-state index contributed by atoms with van der Waals surface area (Å²) in [6.45, 7) is 4.01. The molecular formula is C16H16FN5O. The molecule has 0 unspecified atom stereocenters. The van der Waals surface area contributed by atoms with E-state index in [-0.39, 0.29) is 24.1 Å². The molecule has 7 heteroatoms. The van der Waals surface area contributed by atoms with Crippen LogP contribution in [-0.4, -0.2) is 37.4 Å². The summed E-state index contributed by atoms with van der Waals surface area (Å²) in [5.41, 5.74) is 2.37.